The van der Waals surface area contributed by atoms with Gasteiger partial charge in [0.1, 0.15) is 31.7 Å². The summed E-state index contributed by atoms with van der Waals surface area (Å²) in [7, 11) is 0. The lowest BCUT2D eigenvalue weighted by Crippen LogP contribution is -2.39. The van der Waals surface area contributed by atoms with E-state index in [1.165, 1.54) is 0 Å². The average Bonchev–Trinajstić information content (AvgIpc) is 2.69. The summed E-state index contributed by atoms with van der Waals surface area (Å²) in [4.78, 5) is 26.2. The molecule has 2 aromatic rings. The van der Waals surface area contributed by atoms with Gasteiger partial charge in [-0.25, -0.2) is 4.79 Å². The molecular weight excluding hydrogens is 380 g/mol. The van der Waals surface area contributed by atoms with Gasteiger partial charge in [-0.3, -0.25) is 0 Å². The fourth-order valence-corrected chi connectivity index (χ4v) is 2.55. The molecule has 0 fully saturated rings. The van der Waals surface area contributed by atoms with Gasteiger partial charge in [0.2, 0.25) is 0 Å². The molecule has 0 aliphatic heterocycles. The normalized spacial score (nSPS) is 12.0. The molecule has 29 heavy (non-hydrogen) atoms. The lowest BCUT2D eigenvalue weighted by atomic mass is 10.1. The van der Waals surface area contributed by atoms with Crippen LogP contribution in [0.25, 0.3) is 10.8 Å². The third kappa shape index (κ3) is 8.32. The number of nitrogens with one attached hydrogen (secondary N) is 1. The summed E-state index contributed by atoms with van der Waals surface area (Å²) >= 11 is 0. The molecule has 0 saturated heterocycles. The largest absolute Gasteiger partial charge is 0.489 e. The summed E-state index contributed by atoms with van der Waals surface area (Å²) in [6, 6.07) is 13.9. The van der Waals surface area contributed by atoms with Crippen molar-refractivity contribution in [2.75, 3.05) is 33.0 Å². The van der Waals surface area contributed by atoms with Gasteiger partial charge in [0.15, 0.2) is 0 Å². The highest BCUT2D eigenvalue weighted by molar-refractivity contribution is 5.88. The molecule has 0 aromatic heterocycles. The van der Waals surface area contributed by atoms with Crippen LogP contribution in [0.4, 0.5) is 0 Å². The van der Waals surface area contributed by atoms with Crippen LogP contribution in [0.15, 0.2) is 42.5 Å². The maximum Gasteiger partial charge on any atom is 0.332 e. The van der Waals surface area contributed by atoms with Gasteiger partial charge in [-0.1, -0.05) is 50.2 Å². The predicted molar refractivity (Wildman–Crippen MR) is 106 cm³/mol. The molecule has 0 spiro atoms. The number of benzene rings is 2. The SMILES string of the molecule is CC(C)NCC(COc1cccc2ccccc12)OC(=O)COCCO[N+](=O)[O-]. The number of hydrogen-bond acceptors (Lipinski definition) is 8. The highest BCUT2D eigenvalue weighted by atomic mass is 17.0. The second-order valence-electron chi connectivity index (χ2n) is 6.57. The zero-order valence-corrected chi connectivity index (χ0v) is 16.5. The van der Waals surface area contributed by atoms with E-state index in [1.807, 2.05) is 56.3 Å². The van der Waals surface area contributed by atoms with Crippen LogP contribution in [0.3, 0.4) is 0 Å². The second-order valence-corrected chi connectivity index (χ2v) is 6.57. The highest BCUT2D eigenvalue weighted by Crippen LogP contribution is 2.25. The molecule has 2 rings (SSSR count). The first-order chi connectivity index (χ1) is 14.0. The van der Waals surface area contributed by atoms with Crippen molar-refractivity contribution in [2.24, 2.45) is 0 Å². The van der Waals surface area contributed by atoms with Crippen LogP contribution in [0.2, 0.25) is 0 Å². The van der Waals surface area contributed by atoms with Gasteiger partial charge < -0.3 is 24.4 Å². The minimum atomic E-state index is -0.917. The first-order valence-electron chi connectivity index (χ1n) is 9.34. The number of fused-ring (bicyclic) bond motifs is 1. The summed E-state index contributed by atoms with van der Waals surface area (Å²) in [6.45, 7) is 3.90. The Bertz CT molecular complexity index is 792. The van der Waals surface area contributed by atoms with Gasteiger partial charge >= 0.3 is 5.97 Å². The van der Waals surface area contributed by atoms with E-state index in [2.05, 4.69) is 10.2 Å². The number of esters is 1. The highest BCUT2D eigenvalue weighted by Gasteiger charge is 2.17. The Morgan fingerprint density at radius 2 is 1.90 bits per heavy atom. The monoisotopic (exact) mass is 406 g/mol. The van der Waals surface area contributed by atoms with Crippen molar-refractivity contribution in [2.45, 2.75) is 26.0 Å². The first kappa shape index (κ1) is 22.4. The minimum Gasteiger partial charge on any atom is -0.489 e. The lowest BCUT2D eigenvalue weighted by Gasteiger charge is -2.21. The Kier molecular flexibility index (Phi) is 9.13. The summed E-state index contributed by atoms with van der Waals surface area (Å²) in [5.74, 6) is 0.130. The topological polar surface area (TPSA) is 109 Å². The molecule has 158 valence electrons. The first-order valence-corrected chi connectivity index (χ1v) is 9.34. The van der Waals surface area contributed by atoms with Crippen molar-refractivity contribution in [3.8, 4) is 5.75 Å². The molecule has 1 unspecified atom stereocenters. The van der Waals surface area contributed by atoms with Gasteiger partial charge in [-0.05, 0) is 11.5 Å². The maximum absolute atomic E-state index is 12.0. The van der Waals surface area contributed by atoms with Crippen LogP contribution in [0.5, 0.6) is 5.75 Å². The van der Waals surface area contributed by atoms with Crippen LogP contribution >= 0.6 is 0 Å². The van der Waals surface area contributed by atoms with Crippen molar-refractivity contribution < 1.29 is 28.9 Å². The molecule has 9 nitrogen and oxygen atoms in total. The van der Waals surface area contributed by atoms with Crippen LogP contribution in [0, 0.1) is 10.1 Å². The van der Waals surface area contributed by atoms with Gasteiger partial charge in [0.25, 0.3) is 5.09 Å². The number of rotatable bonds is 13. The Morgan fingerprint density at radius 3 is 2.66 bits per heavy atom. The summed E-state index contributed by atoms with van der Waals surface area (Å²) in [6.07, 6.45) is -0.525. The zero-order valence-electron chi connectivity index (χ0n) is 16.5. The molecule has 2 aromatic carbocycles. The lowest BCUT2D eigenvalue weighted by molar-refractivity contribution is -0.758. The van der Waals surface area contributed by atoms with Crippen molar-refractivity contribution in [1.29, 1.82) is 0 Å². The van der Waals surface area contributed by atoms with E-state index in [-0.39, 0.29) is 32.5 Å². The number of hydrogen-bond donors (Lipinski definition) is 1. The zero-order chi connectivity index (χ0) is 21.1. The molecule has 9 heteroatoms. The summed E-state index contributed by atoms with van der Waals surface area (Å²) in [5, 5.41) is 14.4. The Balaban J connectivity index is 1.88. The molecule has 0 bridgehead atoms. The number of nitrogens with zero attached hydrogens (tertiary/aromatic N) is 1. The number of carbonyl (C=O) groups excluding carboxylic acids is 1. The van der Waals surface area contributed by atoms with Crippen molar-refractivity contribution in [3.05, 3.63) is 52.6 Å². The summed E-state index contributed by atoms with van der Waals surface area (Å²) in [5.41, 5.74) is 0. The van der Waals surface area contributed by atoms with E-state index in [4.69, 9.17) is 14.2 Å². The van der Waals surface area contributed by atoms with Gasteiger partial charge in [0.05, 0.1) is 6.61 Å². The van der Waals surface area contributed by atoms with E-state index in [1.54, 1.807) is 0 Å². The fraction of sp³-hybridized carbons (Fsp3) is 0.450. The van der Waals surface area contributed by atoms with Gasteiger partial charge in [0, 0.05) is 18.0 Å². The molecule has 0 amide bonds. The quantitative estimate of drug-likeness (QED) is 0.234. The van der Waals surface area contributed by atoms with E-state index in [9.17, 15) is 14.9 Å². The van der Waals surface area contributed by atoms with Crippen LogP contribution in [0.1, 0.15) is 13.8 Å². The standard InChI is InChI=1S/C20H26N2O7/c1-15(2)21-12-17(29-20(23)14-26-10-11-28-22(24)25)13-27-19-9-5-7-16-6-3-4-8-18(16)19/h3-9,15,17,21H,10-14H2,1-2H3. The Hall–Kier alpha value is -2.91. The molecule has 0 saturated carbocycles. The van der Waals surface area contributed by atoms with Gasteiger partial charge in [-0.15, -0.1) is 10.1 Å². The third-order valence-corrected chi connectivity index (χ3v) is 3.87. The van der Waals surface area contributed by atoms with Crippen LogP contribution < -0.4 is 10.1 Å². The number of ether oxygens (including phenoxy) is 3. The van der Waals surface area contributed by atoms with E-state index >= 15 is 0 Å². The van der Waals surface area contributed by atoms with Gasteiger partial charge in [-0.2, -0.15) is 0 Å². The smallest absolute Gasteiger partial charge is 0.332 e. The van der Waals surface area contributed by atoms with Crippen LogP contribution in [-0.4, -0.2) is 56.2 Å². The van der Waals surface area contributed by atoms with Crippen molar-refractivity contribution in [1.82, 2.24) is 5.32 Å². The third-order valence-electron chi connectivity index (χ3n) is 3.87. The second kappa shape index (κ2) is 11.8. The van der Waals surface area contributed by atoms with Crippen molar-refractivity contribution in [3.63, 3.8) is 0 Å². The molecule has 0 aliphatic carbocycles. The summed E-state index contributed by atoms with van der Waals surface area (Å²) < 4.78 is 16.4. The van der Waals surface area contributed by atoms with E-state index in [0.29, 0.717) is 12.3 Å². The van der Waals surface area contributed by atoms with E-state index < -0.39 is 17.2 Å². The molecule has 0 heterocycles. The van der Waals surface area contributed by atoms with Crippen molar-refractivity contribution >= 4 is 16.7 Å². The molecule has 0 aliphatic rings. The Morgan fingerprint density at radius 1 is 1.14 bits per heavy atom. The molecule has 1 N–H and O–H groups in total. The predicted octanol–water partition coefficient (Wildman–Crippen LogP) is 2.35. The maximum atomic E-state index is 12.0. The Labute approximate surface area is 169 Å². The van der Waals surface area contributed by atoms with Crippen LogP contribution in [-0.2, 0) is 19.1 Å². The minimum absolute atomic E-state index is 0.0858. The molecular formula is C20H26N2O7. The molecule has 0 radical (unpaired) electrons. The average molecular weight is 406 g/mol. The van der Waals surface area contributed by atoms with E-state index in [0.717, 1.165) is 10.8 Å². The fourth-order valence-electron chi connectivity index (χ4n) is 2.55. The molecule has 1 atom stereocenters. The number of carbonyl (C=O) groups is 1.